The van der Waals surface area contributed by atoms with Crippen LogP contribution in [0.2, 0.25) is 0 Å². The van der Waals surface area contributed by atoms with E-state index >= 15 is 0 Å². The molecule has 0 aromatic heterocycles. The number of nitrogens with zero attached hydrogens (tertiary/aromatic N) is 1. The van der Waals surface area contributed by atoms with Gasteiger partial charge in [0.2, 0.25) is 5.91 Å². The fourth-order valence-electron chi connectivity index (χ4n) is 2.44. The van der Waals surface area contributed by atoms with E-state index < -0.39 is 0 Å². The van der Waals surface area contributed by atoms with E-state index in [9.17, 15) is 4.79 Å². The number of carbonyl (C=O) groups excluding carboxylic acids is 1. The van der Waals surface area contributed by atoms with Crippen molar-refractivity contribution in [2.45, 2.75) is 52.1 Å². The maximum absolute atomic E-state index is 12.0. The molecule has 1 heterocycles. The van der Waals surface area contributed by atoms with Crippen LogP contribution in [0, 0.1) is 5.92 Å². The van der Waals surface area contributed by atoms with E-state index in [1.807, 2.05) is 6.92 Å². The van der Waals surface area contributed by atoms with E-state index in [0.29, 0.717) is 5.92 Å². The van der Waals surface area contributed by atoms with Gasteiger partial charge < -0.3 is 11.1 Å². The Labute approximate surface area is 105 Å². The Morgan fingerprint density at radius 2 is 2.24 bits per heavy atom. The number of nitrogens with two attached hydrogens (primary N) is 1. The van der Waals surface area contributed by atoms with E-state index in [4.69, 9.17) is 5.73 Å². The molecule has 3 N–H and O–H groups in total. The molecule has 1 saturated heterocycles. The van der Waals surface area contributed by atoms with Gasteiger partial charge in [0.25, 0.3) is 0 Å². The Morgan fingerprint density at radius 1 is 1.53 bits per heavy atom. The Morgan fingerprint density at radius 3 is 2.76 bits per heavy atom. The topological polar surface area (TPSA) is 58.4 Å². The molecular weight excluding hydrogens is 214 g/mol. The minimum Gasteiger partial charge on any atom is -0.352 e. The fraction of sp³-hybridized carbons (Fsp3) is 0.923. The Kier molecular flexibility index (Phi) is 5.92. The molecule has 0 saturated carbocycles. The van der Waals surface area contributed by atoms with Gasteiger partial charge in [-0.25, -0.2) is 0 Å². The number of amides is 1. The smallest absolute Gasteiger partial charge is 0.237 e. The first kappa shape index (κ1) is 14.5. The Bertz CT molecular complexity index is 245. The highest BCUT2D eigenvalue weighted by Crippen LogP contribution is 2.17. The van der Waals surface area contributed by atoms with Gasteiger partial charge in [0.15, 0.2) is 0 Å². The fourth-order valence-corrected chi connectivity index (χ4v) is 2.44. The summed E-state index contributed by atoms with van der Waals surface area (Å²) in [5, 5.41) is 3.08. The summed E-state index contributed by atoms with van der Waals surface area (Å²) in [6.07, 6.45) is 3.28. The molecule has 1 aliphatic heterocycles. The molecule has 0 aromatic rings. The van der Waals surface area contributed by atoms with E-state index in [0.717, 1.165) is 38.9 Å². The number of hydrogen-bond donors (Lipinski definition) is 2. The number of carbonyl (C=O) groups is 1. The normalized spacial score (nSPS) is 24.6. The third kappa shape index (κ3) is 4.28. The van der Waals surface area contributed by atoms with Crippen molar-refractivity contribution < 1.29 is 4.79 Å². The van der Waals surface area contributed by atoms with Gasteiger partial charge >= 0.3 is 0 Å². The van der Waals surface area contributed by atoms with Crippen molar-refractivity contribution in [3.05, 3.63) is 0 Å². The molecule has 4 nitrogen and oxygen atoms in total. The molecule has 1 rings (SSSR count). The molecule has 0 bridgehead atoms. The van der Waals surface area contributed by atoms with Gasteiger partial charge in [-0.1, -0.05) is 13.3 Å². The Balaban J connectivity index is 2.36. The minimum absolute atomic E-state index is 0.0224. The molecule has 17 heavy (non-hydrogen) atoms. The standard InChI is InChI=1S/C13H27N3O/c1-4-5-10(2)15-13(17)11(3)16-7-6-12(8-14)9-16/h10-12H,4-9,14H2,1-3H3,(H,15,17). The van der Waals surface area contributed by atoms with E-state index in [1.54, 1.807) is 0 Å². The van der Waals surface area contributed by atoms with Crippen molar-refractivity contribution in [2.75, 3.05) is 19.6 Å². The molecule has 1 aliphatic rings. The zero-order chi connectivity index (χ0) is 12.8. The molecular formula is C13H27N3O. The summed E-state index contributed by atoms with van der Waals surface area (Å²) in [4.78, 5) is 14.3. The Hall–Kier alpha value is -0.610. The first-order valence-corrected chi connectivity index (χ1v) is 6.83. The van der Waals surface area contributed by atoms with E-state index in [2.05, 4.69) is 24.1 Å². The molecule has 3 unspecified atom stereocenters. The zero-order valence-electron chi connectivity index (χ0n) is 11.4. The highest BCUT2D eigenvalue weighted by atomic mass is 16.2. The molecule has 0 spiro atoms. The van der Waals surface area contributed by atoms with Crippen molar-refractivity contribution in [2.24, 2.45) is 11.7 Å². The van der Waals surface area contributed by atoms with Crippen LogP contribution in [0.25, 0.3) is 0 Å². The molecule has 1 amide bonds. The van der Waals surface area contributed by atoms with Crippen LogP contribution in [0.3, 0.4) is 0 Å². The lowest BCUT2D eigenvalue weighted by Crippen LogP contribution is -2.47. The molecule has 0 aliphatic carbocycles. The molecule has 0 radical (unpaired) electrons. The minimum atomic E-state index is -0.0224. The molecule has 0 aromatic carbocycles. The summed E-state index contributed by atoms with van der Waals surface area (Å²) < 4.78 is 0. The number of hydrogen-bond acceptors (Lipinski definition) is 3. The number of rotatable bonds is 6. The van der Waals surface area contributed by atoms with Crippen LogP contribution in [0.1, 0.15) is 40.0 Å². The average molecular weight is 241 g/mol. The lowest BCUT2D eigenvalue weighted by molar-refractivity contribution is -0.126. The van der Waals surface area contributed by atoms with Gasteiger partial charge in [-0.2, -0.15) is 0 Å². The first-order valence-electron chi connectivity index (χ1n) is 6.83. The molecule has 4 heteroatoms. The predicted octanol–water partition coefficient (Wildman–Crippen LogP) is 0.960. The zero-order valence-corrected chi connectivity index (χ0v) is 11.4. The predicted molar refractivity (Wildman–Crippen MR) is 70.7 cm³/mol. The maximum Gasteiger partial charge on any atom is 0.237 e. The van der Waals surface area contributed by atoms with Crippen molar-refractivity contribution >= 4 is 5.91 Å². The number of nitrogens with one attached hydrogen (secondary N) is 1. The van der Waals surface area contributed by atoms with Crippen LogP contribution >= 0.6 is 0 Å². The van der Waals surface area contributed by atoms with Crippen LogP contribution in [-0.2, 0) is 4.79 Å². The van der Waals surface area contributed by atoms with Gasteiger partial charge in [-0.3, -0.25) is 9.69 Å². The third-order valence-corrected chi connectivity index (χ3v) is 3.69. The first-order chi connectivity index (χ1) is 8.08. The summed E-state index contributed by atoms with van der Waals surface area (Å²) in [6, 6.07) is 0.258. The SMILES string of the molecule is CCCC(C)NC(=O)C(C)N1CCC(CN)C1. The van der Waals surface area contributed by atoms with E-state index in [-0.39, 0.29) is 18.0 Å². The molecule has 100 valence electrons. The number of likely N-dealkylation sites (tertiary alicyclic amines) is 1. The van der Waals surface area contributed by atoms with Crippen LogP contribution < -0.4 is 11.1 Å². The third-order valence-electron chi connectivity index (χ3n) is 3.69. The second kappa shape index (κ2) is 6.97. The highest BCUT2D eigenvalue weighted by Gasteiger charge is 2.29. The maximum atomic E-state index is 12.0. The van der Waals surface area contributed by atoms with Gasteiger partial charge in [0.05, 0.1) is 6.04 Å². The van der Waals surface area contributed by atoms with Crippen LogP contribution in [-0.4, -0.2) is 42.5 Å². The molecule has 3 atom stereocenters. The van der Waals surface area contributed by atoms with Gasteiger partial charge in [0.1, 0.15) is 0 Å². The summed E-state index contributed by atoms with van der Waals surface area (Å²) in [7, 11) is 0. The lowest BCUT2D eigenvalue weighted by atomic mass is 10.1. The summed E-state index contributed by atoms with van der Waals surface area (Å²) in [6.45, 7) is 8.90. The van der Waals surface area contributed by atoms with Crippen molar-refractivity contribution in [3.8, 4) is 0 Å². The van der Waals surface area contributed by atoms with Crippen LogP contribution in [0.15, 0.2) is 0 Å². The van der Waals surface area contributed by atoms with E-state index in [1.165, 1.54) is 0 Å². The van der Waals surface area contributed by atoms with Gasteiger partial charge in [-0.05, 0) is 45.7 Å². The summed E-state index contributed by atoms with van der Waals surface area (Å²) in [5.74, 6) is 0.724. The van der Waals surface area contributed by atoms with Crippen molar-refractivity contribution in [3.63, 3.8) is 0 Å². The van der Waals surface area contributed by atoms with Gasteiger partial charge in [0, 0.05) is 12.6 Å². The quantitative estimate of drug-likeness (QED) is 0.728. The summed E-state index contributed by atoms with van der Waals surface area (Å²) >= 11 is 0. The average Bonchev–Trinajstić information content (AvgIpc) is 2.76. The van der Waals surface area contributed by atoms with Crippen molar-refractivity contribution in [1.29, 1.82) is 0 Å². The largest absolute Gasteiger partial charge is 0.352 e. The highest BCUT2D eigenvalue weighted by molar-refractivity contribution is 5.81. The van der Waals surface area contributed by atoms with Crippen LogP contribution in [0.5, 0.6) is 0 Å². The monoisotopic (exact) mass is 241 g/mol. The summed E-state index contributed by atoms with van der Waals surface area (Å²) in [5.41, 5.74) is 5.67. The van der Waals surface area contributed by atoms with Crippen LogP contribution in [0.4, 0.5) is 0 Å². The molecule has 1 fully saturated rings. The lowest BCUT2D eigenvalue weighted by Gasteiger charge is -2.25. The second-order valence-corrected chi connectivity index (χ2v) is 5.26. The second-order valence-electron chi connectivity index (χ2n) is 5.26. The van der Waals surface area contributed by atoms with Crippen molar-refractivity contribution in [1.82, 2.24) is 10.2 Å². The van der Waals surface area contributed by atoms with Gasteiger partial charge in [-0.15, -0.1) is 0 Å².